The van der Waals surface area contributed by atoms with Crippen molar-refractivity contribution in [2.24, 2.45) is 0 Å². The fourth-order valence-electron chi connectivity index (χ4n) is 2.80. The van der Waals surface area contributed by atoms with E-state index in [1.165, 1.54) is 0 Å². The standard InChI is InChI=1S/C18H20N2O2S/c1-13-9-14(2)18(15(3)10-13)23(21,22)20-17(12-19)11-16-7-5-4-6-8-16/h4-10,17,20H,11H2,1-3H3/t17-/m0/s1. The Morgan fingerprint density at radius 3 is 2.17 bits per heavy atom. The lowest BCUT2D eigenvalue weighted by atomic mass is 10.1. The van der Waals surface area contributed by atoms with Gasteiger partial charge in [0.15, 0.2) is 0 Å². The maximum absolute atomic E-state index is 12.7. The van der Waals surface area contributed by atoms with Crippen LogP contribution < -0.4 is 4.72 Å². The average Bonchev–Trinajstić information content (AvgIpc) is 2.45. The third kappa shape index (κ3) is 4.19. The smallest absolute Gasteiger partial charge is 0.207 e. The maximum Gasteiger partial charge on any atom is 0.242 e. The molecule has 5 heteroatoms. The topological polar surface area (TPSA) is 70.0 Å². The Bertz CT molecular complexity index is 814. The van der Waals surface area contributed by atoms with E-state index in [2.05, 4.69) is 4.72 Å². The van der Waals surface area contributed by atoms with Gasteiger partial charge >= 0.3 is 0 Å². The first-order valence-electron chi connectivity index (χ1n) is 7.37. The Kier molecular flexibility index (Phi) is 5.19. The molecule has 2 rings (SSSR count). The summed E-state index contributed by atoms with van der Waals surface area (Å²) in [6.07, 6.45) is 0.334. The molecule has 0 unspecified atom stereocenters. The fraction of sp³-hybridized carbons (Fsp3) is 0.278. The van der Waals surface area contributed by atoms with Gasteiger partial charge in [0.1, 0.15) is 6.04 Å². The molecule has 0 aliphatic rings. The van der Waals surface area contributed by atoms with Gasteiger partial charge in [-0.25, -0.2) is 8.42 Å². The summed E-state index contributed by atoms with van der Waals surface area (Å²) < 4.78 is 27.9. The van der Waals surface area contributed by atoms with Gasteiger partial charge in [-0.2, -0.15) is 9.98 Å². The minimum Gasteiger partial charge on any atom is -0.207 e. The zero-order valence-electron chi connectivity index (χ0n) is 13.5. The van der Waals surface area contributed by atoms with Crippen LogP contribution in [0.1, 0.15) is 22.3 Å². The van der Waals surface area contributed by atoms with Crippen molar-refractivity contribution >= 4 is 10.0 Å². The van der Waals surface area contributed by atoms with Crippen LogP contribution in [0.2, 0.25) is 0 Å². The lowest BCUT2D eigenvalue weighted by Crippen LogP contribution is -2.36. The van der Waals surface area contributed by atoms with Crippen LogP contribution >= 0.6 is 0 Å². The molecule has 0 heterocycles. The van der Waals surface area contributed by atoms with Gasteiger partial charge in [0, 0.05) is 6.42 Å². The van der Waals surface area contributed by atoms with Crippen LogP contribution in [0.3, 0.4) is 0 Å². The number of sulfonamides is 1. The van der Waals surface area contributed by atoms with Crippen LogP contribution in [0, 0.1) is 32.1 Å². The third-order valence-corrected chi connectivity index (χ3v) is 5.39. The van der Waals surface area contributed by atoms with Gasteiger partial charge in [-0.3, -0.25) is 0 Å². The minimum atomic E-state index is -3.74. The fourth-order valence-corrected chi connectivity index (χ4v) is 4.39. The molecule has 120 valence electrons. The van der Waals surface area contributed by atoms with E-state index < -0.39 is 16.1 Å². The maximum atomic E-state index is 12.7. The lowest BCUT2D eigenvalue weighted by molar-refractivity contribution is 0.570. The molecule has 0 saturated carbocycles. The monoisotopic (exact) mass is 328 g/mol. The number of benzene rings is 2. The average molecular weight is 328 g/mol. The lowest BCUT2D eigenvalue weighted by Gasteiger charge is -2.16. The molecule has 2 aromatic carbocycles. The van der Waals surface area contributed by atoms with Crippen LogP contribution in [0.5, 0.6) is 0 Å². The summed E-state index contributed by atoms with van der Waals surface area (Å²) in [6.45, 7) is 5.47. The summed E-state index contributed by atoms with van der Waals surface area (Å²) >= 11 is 0. The van der Waals surface area contributed by atoms with Gasteiger partial charge in [0.25, 0.3) is 0 Å². The Labute approximate surface area is 137 Å². The van der Waals surface area contributed by atoms with Crippen molar-refractivity contribution in [3.63, 3.8) is 0 Å². The molecule has 0 bridgehead atoms. The highest BCUT2D eigenvalue weighted by Crippen LogP contribution is 2.22. The molecule has 1 atom stereocenters. The van der Waals surface area contributed by atoms with E-state index in [-0.39, 0.29) is 4.90 Å². The first-order chi connectivity index (χ1) is 10.8. The normalized spacial score (nSPS) is 12.6. The Hall–Kier alpha value is -2.16. The molecule has 0 aliphatic heterocycles. The van der Waals surface area contributed by atoms with E-state index in [1.807, 2.05) is 55.5 Å². The Balaban J connectivity index is 2.28. The van der Waals surface area contributed by atoms with Crippen molar-refractivity contribution in [1.82, 2.24) is 4.72 Å². The summed E-state index contributed by atoms with van der Waals surface area (Å²) in [5, 5.41) is 9.30. The van der Waals surface area contributed by atoms with Crippen molar-refractivity contribution in [2.45, 2.75) is 38.1 Å². The Morgan fingerprint density at radius 2 is 1.65 bits per heavy atom. The van der Waals surface area contributed by atoms with E-state index >= 15 is 0 Å². The second-order valence-corrected chi connectivity index (χ2v) is 7.37. The van der Waals surface area contributed by atoms with Crippen LogP contribution in [-0.4, -0.2) is 14.5 Å². The molecule has 0 spiro atoms. The first-order valence-corrected chi connectivity index (χ1v) is 8.85. The van der Waals surface area contributed by atoms with Crippen LogP contribution in [0.25, 0.3) is 0 Å². The molecule has 1 N–H and O–H groups in total. The SMILES string of the molecule is Cc1cc(C)c(S(=O)(=O)N[C@H](C#N)Cc2ccccc2)c(C)c1. The number of nitrogens with one attached hydrogen (secondary N) is 1. The van der Waals surface area contributed by atoms with Gasteiger partial charge in [-0.05, 0) is 37.5 Å². The van der Waals surface area contributed by atoms with E-state index in [0.717, 1.165) is 11.1 Å². The van der Waals surface area contributed by atoms with Crippen LogP contribution in [0.4, 0.5) is 0 Å². The van der Waals surface area contributed by atoms with Gasteiger partial charge in [-0.15, -0.1) is 0 Å². The molecule has 0 saturated heterocycles. The number of nitriles is 1. The number of aryl methyl sites for hydroxylation is 3. The summed E-state index contributed by atoms with van der Waals surface area (Å²) in [5.41, 5.74) is 3.30. The molecule has 2 aromatic rings. The van der Waals surface area contributed by atoms with Crippen LogP contribution in [-0.2, 0) is 16.4 Å². The first kappa shape index (κ1) is 17.2. The minimum absolute atomic E-state index is 0.261. The predicted molar refractivity (Wildman–Crippen MR) is 90.5 cm³/mol. The number of hydrogen-bond acceptors (Lipinski definition) is 3. The summed E-state index contributed by atoms with van der Waals surface area (Å²) in [5.74, 6) is 0. The molecule has 0 aliphatic carbocycles. The third-order valence-electron chi connectivity index (χ3n) is 3.61. The highest BCUT2D eigenvalue weighted by Gasteiger charge is 2.23. The molecule has 23 heavy (non-hydrogen) atoms. The van der Waals surface area contributed by atoms with Crippen molar-refractivity contribution in [3.05, 3.63) is 64.7 Å². The van der Waals surface area contributed by atoms with Crippen molar-refractivity contribution in [2.75, 3.05) is 0 Å². The predicted octanol–water partition coefficient (Wildman–Crippen LogP) is 3.03. The number of hydrogen-bond donors (Lipinski definition) is 1. The largest absolute Gasteiger partial charge is 0.242 e. The molecule has 0 amide bonds. The molecule has 0 aromatic heterocycles. The quantitative estimate of drug-likeness (QED) is 0.917. The van der Waals surface area contributed by atoms with E-state index in [0.29, 0.717) is 17.5 Å². The van der Waals surface area contributed by atoms with Gasteiger partial charge in [-0.1, -0.05) is 48.0 Å². The van der Waals surface area contributed by atoms with Crippen LogP contribution in [0.15, 0.2) is 47.4 Å². The van der Waals surface area contributed by atoms with Gasteiger partial charge in [0.05, 0.1) is 11.0 Å². The van der Waals surface area contributed by atoms with Gasteiger partial charge < -0.3 is 0 Å². The van der Waals surface area contributed by atoms with E-state index in [1.54, 1.807) is 13.8 Å². The summed E-state index contributed by atoms with van der Waals surface area (Å²) in [7, 11) is -3.74. The summed E-state index contributed by atoms with van der Waals surface area (Å²) in [4.78, 5) is 0.261. The number of rotatable bonds is 5. The Morgan fingerprint density at radius 1 is 1.09 bits per heavy atom. The molecule has 0 radical (unpaired) electrons. The number of nitrogens with zero attached hydrogens (tertiary/aromatic N) is 1. The van der Waals surface area contributed by atoms with Crippen molar-refractivity contribution < 1.29 is 8.42 Å². The second-order valence-electron chi connectivity index (χ2n) is 5.72. The van der Waals surface area contributed by atoms with E-state index in [9.17, 15) is 13.7 Å². The second kappa shape index (κ2) is 6.95. The highest BCUT2D eigenvalue weighted by atomic mass is 32.2. The highest BCUT2D eigenvalue weighted by molar-refractivity contribution is 7.89. The van der Waals surface area contributed by atoms with Gasteiger partial charge in [0.2, 0.25) is 10.0 Å². The zero-order valence-corrected chi connectivity index (χ0v) is 14.3. The molecule has 0 fully saturated rings. The molecular weight excluding hydrogens is 308 g/mol. The van der Waals surface area contributed by atoms with Crippen molar-refractivity contribution in [3.8, 4) is 6.07 Å². The van der Waals surface area contributed by atoms with Crippen molar-refractivity contribution in [1.29, 1.82) is 5.26 Å². The zero-order chi connectivity index (χ0) is 17.0. The summed E-state index contributed by atoms with van der Waals surface area (Å²) in [6, 6.07) is 14.3. The molecular formula is C18H20N2O2S. The molecule has 4 nitrogen and oxygen atoms in total. The van der Waals surface area contributed by atoms with E-state index in [4.69, 9.17) is 0 Å².